The van der Waals surface area contributed by atoms with Crippen molar-refractivity contribution in [1.29, 1.82) is 0 Å². The normalized spacial score (nSPS) is 21.0. The monoisotopic (exact) mass is 207 g/mol. The van der Waals surface area contributed by atoms with Crippen molar-refractivity contribution in [1.82, 2.24) is 0 Å². The first-order valence-corrected chi connectivity index (χ1v) is 5.70. The first-order valence-electron chi connectivity index (χ1n) is 4.72. The maximum Gasteiger partial charge on any atom is 0.228 e. The third kappa shape index (κ3) is 1.64. The molecule has 2 rings (SSSR count). The lowest BCUT2D eigenvalue weighted by Crippen LogP contribution is -2.20. The van der Waals surface area contributed by atoms with Crippen LogP contribution in [0.3, 0.4) is 0 Å². The van der Waals surface area contributed by atoms with Crippen LogP contribution in [0.2, 0.25) is 0 Å². The second-order valence-corrected chi connectivity index (χ2v) is 4.71. The van der Waals surface area contributed by atoms with Crippen LogP contribution in [0.15, 0.2) is 23.1 Å². The molecule has 0 aliphatic carbocycles. The van der Waals surface area contributed by atoms with E-state index < -0.39 is 0 Å². The first kappa shape index (κ1) is 9.59. The molecular weight excluding hydrogens is 194 g/mol. The highest BCUT2D eigenvalue weighted by molar-refractivity contribution is 7.99. The lowest BCUT2D eigenvalue weighted by atomic mass is 10.1. The zero-order chi connectivity index (χ0) is 10.1. The number of hydrogen-bond donors (Lipinski definition) is 1. The molecule has 14 heavy (non-hydrogen) atoms. The van der Waals surface area contributed by atoms with Gasteiger partial charge in [-0.3, -0.25) is 4.79 Å². The lowest BCUT2D eigenvalue weighted by Gasteiger charge is -2.09. The van der Waals surface area contributed by atoms with Gasteiger partial charge in [0.2, 0.25) is 5.91 Å². The summed E-state index contributed by atoms with van der Waals surface area (Å²) < 4.78 is 0. The number of nitrogens with one attached hydrogen (secondary N) is 1. The molecular formula is C11H13NOS. The topological polar surface area (TPSA) is 29.1 Å². The molecule has 1 aliphatic rings. The molecule has 1 amide bonds. The van der Waals surface area contributed by atoms with Gasteiger partial charge in [-0.1, -0.05) is 19.1 Å². The number of para-hydroxylation sites is 1. The molecule has 1 aromatic carbocycles. The highest BCUT2D eigenvalue weighted by Gasteiger charge is 2.20. The Bertz CT molecular complexity index is 376. The molecule has 3 heteroatoms. The standard InChI is InChI=1S/C11H13NOS/c1-7-4-3-5-9-10(7)12-11(13)8(2)6-14-9/h3-5,8H,6H2,1-2H3,(H,12,13). The summed E-state index contributed by atoms with van der Waals surface area (Å²) in [5.41, 5.74) is 2.13. The van der Waals surface area contributed by atoms with E-state index in [9.17, 15) is 4.79 Å². The van der Waals surface area contributed by atoms with Gasteiger partial charge in [-0.15, -0.1) is 11.8 Å². The minimum absolute atomic E-state index is 0.0896. The average molecular weight is 207 g/mol. The zero-order valence-corrected chi connectivity index (χ0v) is 9.15. The van der Waals surface area contributed by atoms with Crippen LogP contribution >= 0.6 is 11.8 Å². The molecule has 1 unspecified atom stereocenters. The number of benzene rings is 1. The van der Waals surface area contributed by atoms with E-state index >= 15 is 0 Å². The minimum atomic E-state index is 0.0896. The Labute approximate surface area is 88.1 Å². The summed E-state index contributed by atoms with van der Waals surface area (Å²) in [6, 6.07) is 6.12. The number of amides is 1. The van der Waals surface area contributed by atoms with Gasteiger partial charge in [0.25, 0.3) is 0 Å². The van der Waals surface area contributed by atoms with Crippen LogP contribution in [0, 0.1) is 12.8 Å². The van der Waals surface area contributed by atoms with E-state index in [1.54, 1.807) is 11.8 Å². The first-order chi connectivity index (χ1) is 6.68. The van der Waals surface area contributed by atoms with Crippen LogP contribution in [-0.4, -0.2) is 11.7 Å². The van der Waals surface area contributed by atoms with Crippen LogP contribution in [0.5, 0.6) is 0 Å². The second kappa shape index (κ2) is 3.65. The van der Waals surface area contributed by atoms with Crippen molar-refractivity contribution in [2.24, 2.45) is 5.92 Å². The van der Waals surface area contributed by atoms with E-state index in [0.717, 1.165) is 17.0 Å². The molecule has 0 spiro atoms. The summed E-state index contributed by atoms with van der Waals surface area (Å²) in [6.07, 6.45) is 0. The number of fused-ring (bicyclic) bond motifs is 1. The Kier molecular flexibility index (Phi) is 2.50. The third-order valence-corrected chi connectivity index (χ3v) is 3.74. The largest absolute Gasteiger partial charge is 0.325 e. The van der Waals surface area contributed by atoms with Gasteiger partial charge < -0.3 is 5.32 Å². The van der Waals surface area contributed by atoms with E-state index in [1.807, 2.05) is 26.0 Å². The summed E-state index contributed by atoms with van der Waals surface area (Å²) in [4.78, 5) is 12.8. The summed E-state index contributed by atoms with van der Waals surface area (Å²) in [7, 11) is 0. The SMILES string of the molecule is Cc1cccc2c1NC(=O)C(C)CS2. The van der Waals surface area contributed by atoms with Crippen LogP contribution in [0.4, 0.5) is 5.69 Å². The quantitative estimate of drug-likeness (QED) is 0.708. The summed E-state index contributed by atoms with van der Waals surface area (Å²) >= 11 is 1.75. The molecule has 1 N–H and O–H groups in total. The smallest absolute Gasteiger partial charge is 0.228 e. The van der Waals surface area contributed by atoms with Crippen LogP contribution in [0.25, 0.3) is 0 Å². The number of anilines is 1. The average Bonchev–Trinajstić information content (AvgIpc) is 2.30. The van der Waals surface area contributed by atoms with E-state index in [4.69, 9.17) is 0 Å². The van der Waals surface area contributed by atoms with Crippen LogP contribution in [0.1, 0.15) is 12.5 Å². The molecule has 1 atom stereocenters. The predicted molar refractivity (Wildman–Crippen MR) is 59.7 cm³/mol. The molecule has 0 aromatic heterocycles. The highest BCUT2D eigenvalue weighted by Crippen LogP contribution is 2.34. The Morgan fingerprint density at radius 3 is 3.07 bits per heavy atom. The van der Waals surface area contributed by atoms with Gasteiger partial charge in [-0.05, 0) is 18.6 Å². The summed E-state index contributed by atoms with van der Waals surface area (Å²) in [6.45, 7) is 3.99. The number of carbonyl (C=O) groups is 1. The van der Waals surface area contributed by atoms with Crippen molar-refractivity contribution in [2.45, 2.75) is 18.7 Å². The van der Waals surface area contributed by atoms with Crippen molar-refractivity contribution >= 4 is 23.4 Å². The van der Waals surface area contributed by atoms with Gasteiger partial charge in [0.15, 0.2) is 0 Å². The van der Waals surface area contributed by atoms with E-state index in [-0.39, 0.29) is 11.8 Å². The van der Waals surface area contributed by atoms with Gasteiger partial charge >= 0.3 is 0 Å². The Morgan fingerprint density at radius 2 is 2.29 bits per heavy atom. The number of thioether (sulfide) groups is 1. The van der Waals surface area contributed by atoms with Crippen LogP contribution in [-0.2, 0) is 4.79 Å². The molecule has 1 heterocycles. The van der Waals surface area contributed by atoms with Gasteiger partial charge in [-0.2, -0.15) is 0 Å². The maximum atomic E-state index is 11.6. The van der Waals surface area contributed by atoms with Crippen molar-refractivity contribution in [3.05, 3.63) is 23.8 Å². The van der Waals surface area contributed by atoms with Gasteiger partial charge in [0, 0.05) is 16.6 Å². The van der Waals surface area contributed by atoms with Gasteiger partial charge in [0.1, 0.15) is 0 Å². The molecule has 2 nitrogen and oxygen atoms in total. The maximum absolute atomic E-state index is 11.6. The van der Waals surface area contributed by atoms with E-state index in [1.165, 1.54) is 4.90 Å². The van der Waals surface area contributed by atoms with Crippen molar-refractivity contribution in [3.8, 4) is 0 Å². The van der Waals surface area contributed by atoms with E-state index in [0.29, 0.717) is 0 Å². The zero-order valence-electron chi connectivity index (χ0n) is 8.33. The molecule has 0 saturated carbocycles. The summed E-state index contributed by atoms with van der Waals surface area (Å²) in [5.74, 6) is 1.08. The van der Waals surface area contributed by atoms with E-state index in [2.05, 4.69) is 11.4 Å². The molecule has 0 radical (unpaired) electrons. The highest BCUT2D eigenvalue weighted by atomic mass is 32.2. The fourth-order valence-corrected chi connectivity index (χ4v) is 2.57. The Morgan fingerprint density at radius 1 is 1.50 bits per heavy atom. The number of rotatable bonds is 0. The molecule has 1 aromatic rings. The Hall–Kier alpha value is -0.960. The van der Waals surface area contributed by atoms with Crippen molar-refractivity contribution in [2.75, 3.05) is 11.1 Å². The molecule has 0 saturated heterocycles. The van der Waals surface area contributed by atoms with Gasteiger partial charge in [0.05, 0.1) is 5.69 Å². The molecule has 1 aliphatic heterocycles. The number of aryl methyl sites for hydroxylation is 1. The van der Waals surface area contributed by atoms with Crippen molar-refractivity contribution < 1.29 is 4.79 Å². The van der Waals surface area contributed by atoms with Gasteiger partial charge in [-0.25, -0.2) is 0 Å². The molecule has 0 bridgehead atoms. The number of carbonyl (C=O) groups excluding carboxylic acids is 1. The minimum Gasteiger partial charge on any atom is -0.325 e. The molecule has 0 fully saturated rings. The third-order valence-electron chi connectivity index (χ3n) is 2.42. The van der Waals surface area contributed by atoms with Crippen LogP contribution < -0.4 is 5.32 Å². The van der Waals surface area contributed by atoms with Crippen molar-refractivity contribution in [3.63, 3.8) is 0 Å². The second-order valence-electron chi connectivity index (χ2n) is 3.65. The predicted octanol–water partition coefficient (Wildman–Crippen LogP) is 2.68. The fourth-order valence-electron chi connectivity index (χ4n) is 1.46. The fraction of sp³-hybridized carbons (Fsp3) is 0.364. The number of hydrogen-bond acceptors (Lipinski definition) is 2. The Balaban J connectivity index is 2.43. The lowest BCUT2D eigenvalue weighted by molar-refractivity contribution is -0.118. The summed E-state index contributed by atoms with van der Waals surface area (Å²) in [5, 5.41) is 2.98. The molecule has 74 valence electrons.